The van der Waals surface area contributed by atoms with Crippen LogP contribution < -0.4 is 5.32 Å². The Morgan fingerprint density at radius 1 is 1.69 bits per heavy atom. The summed E-state index contributed by atoms with van der Waals surface area (Å²) in [7, 11) is 0. The van der Waals surface area contributed by atoms with E-state index in [1.165, 1.54) is 0 Å². The highest BCUT2D eigenvalue weighted by atomic mass is 16.2. The molecule has 0 saturated heterocycles. The minimum atomic E-state index is -0.0803. The first-order chi connectivity index (χ1) is 6.14. The lowest BCUT2D eigenvalue weighted by Crippen LogP contribution is -2.53. The standard InChI is InChI=1S/C10H14N2O/c1-3-10(2)7-12-6-4-5-8(12)9(13)11-10/h4-6H,3,7H2,1-2H3,(H,11,13). The zero-order chi connectivity index (χ0) is 9.47. The minimum absolute atomic E-state index is 0.0422. The average molecular weight is 178 g/mol. The van der Waals surface area contributed by atoms with E-state index in [1.54, 1.807) is 0 Å². The van der Waals surface area contributed by atoms with Crippen molar-refractivity contribution in [2.75, 3.05) is 0 Å². The van der Waals surface area contributed by atoms with Crippen LogP contribution in [0.25, 0.3) is 0 Å². The van der Waals surface area contributed by atoms with Crippen LogP contribution in [0.2, 0.25) is 0 Å². The van der Waals surface area contributed by atoms with Crippen LogP contribution in [0, 0.1) is 0 Å². The van der Waals surface area contributed by atoms with Crippen LogP contribution in [0.1, 0.15) is 30.8 Å². The van der Waals surface area contributed by atoms with Crippen LogP contribution in [0.5, 0.6) is 0 Å². The molecule has 0 radical (unpaired) electrons. The molecule has 2 rings (SSSR count). The normalized spacial score (nSPS) is 26.8. The first kappa shape index (κ1) is 8.35. The lowest BCUT2D eigenvalue weighted by molar-refractivity contribution is 0.0846. The molecule has 0 spiro atoms. The largest absolute Gasteiger partial charge is 0.344 e. The van der Waals surface area contributed by atoms with E-state index in [2.05, 4.69) is 19.2 Å². The van der Waals surface area contributed by atoms with E-state index in [1.807, 2.05) is 22.9 Å². The van der Waals surface area contributed by atoms with Crippen molar-refractivity contribution in [1.82, 2.24) is 9.88 Å². The second kappa shape index (κ2) is 2.62. The fourth-order valence-corrected chi connectivity index (χ4v) is 1.71. The number of nitrogens with one attached hydrogen (secondary N) is 1. The zero-order valence-electron chi connectivity index (χ0n) is 8.00. The molecule has 1 aromatic rings. The van der Waals surface area contributed by atoms with Gasteiger partial charge in [0.2, 0.25) is 0 Å². The highest BCUT2D eigenvalue weighted by molar-refractivity contribution is 5.94. The minimum Gasteiger partial charge on any atom is -0.344 e. The van der Waals surface area contributed by atoms with Crippen molar-refractivity contribution in [2.45, 2.75) is 32.4 Å². The van der Waals surface area contributed by atoms with E-state index in [0.717, 1.165) is 18.7 Å². The van der Waals surface area contributed by atoms with E-state index < -0.39 is 0 Å². The van der Waals surface area contributed by atoms with Gasteiger partial charge in [-0.15, -0.1) is 0 Å². The number of aromatic nitrogens is 1. The second-order valence-electron chi connectivity index (χ2n) is 3.89. The predicted octanol–water partition coefficient (Wildman–Crippen LogP) is 1.40. The van der Waals surface area contributed by atoms with Crippen molar-refractivity contribution < 1.29 is 4.79 Å². The zero-order valence-corrected chi connectivity index (χ0v) is 8.00. The molecule has 1 aliphatic rings. The highest BCUT2D eigenvalue weighted by Gasteiger charge is 2.31. The molecule has 1 aromatic heterocycles. The molecule has 13 heavy (non-hydrogen) atoms. The van der Waals surface area contributed by atoms with E-state index in [4.69, 9.17) is 0 Å². The van der Waals surface area contributed by atoms with Crippen molar-refractivity contribution >= 4 is 5.91 Å². The van der Waals surface area contributed by atoms with Gasteiger partial charge in [0, 0.05) is 12.7 Å². The molecule has 0 saturated carbocycles. The maximum Gasteiger partial charge on any atom is 0.268 e. The molecule has 2 heterocycles. The fraction of sp³-hybridized carbons (Fsp3) is 0.500. The highest BCUT2D eigenvalue weighted by Crippen LogP contribution is 2.20. The lowest BCUT2D eigenvalue weighted by atomic mass is 9.96. The Balaban J connectivity index is 2.39. The molecule has 3 nitrogen and oxygen atoms in total. The third-order valence-corrected chi connectivity index (χ3v) is 2.78. The van der Waals surface area contributed by atoms with Crippen molar-refractivity contribution in [3.8, 4) is 0 Å². The SMILES string of the molecule is CCC1(C)Cn2cccc2C(=O)N1. The summed E-state index contributed by atoms with van der Waals surface area (Å²) in [5.74, 6) is 0.0422. The number of rotatable bonds is 1. The molecule has 0 aliphatic carbocycles. The van der Waals surface area contributed by atoms with Crippen LogP contribution in [-0.2, 0) is 6.54 Å². The van der Waals surface area contributed by atoms with Gasteiger partial charge in [-0.05, 0) is 25.5 Å². The van der Waals surface area contributed by atoms with Crippen molar-refractivity contribution in [2.24, 2.45) is 0 Å². The predicted molar refractivity (Wildman–Crippen MR) is 50.6 cm³/mol. The van der Waals surface area contributed by atoms with Crippen molar-refractivity contribution in [1.29, 1.82) is 0 Å². The molecule has 0 bridgehead atoms. The van der Waals surface area contributed by atoms with Crippen LogP contribution >= 0.6 is 0 Å². The van der Waals surface area contributed by atoms with E-state index >= 15 is 0 Å². The van der Waals surface area contributed by atoms with Crippen LogP contribution in [0.3, 0.4) is 0 Å². The van der Waals surface area contributed by atoms with Gasteiger partial charge >= 0.3 is 0 Å². The van der Waals surface area contributed by atoms with Gasteiger partial charge in [0.05, 0.1) is 5.54 Å². The van der Waals surface area contributed by atoms with Crippen molar-refractivity contribution in [3.63, 3.8) is 0 Å². The summed E-state index contributed by atoms with van der Waals surface area (Å²) < 4.78 is 2.02. The molecule has 1 atom stereocenters. The van der Waals surface area contributed by atoms with Gasteiger partial charge in [-0.1, -0.05) is 6.92 Å². The van der Waals surface area contributed by atoms with Gasteiger partial charge < -0.3 is 9.88 Å². The van der Waals surface area contributed by atoms with Gasteiger partial charge in [0.1, 0.15) is 5.69 Å². The number of carbonyl (C=O) groups excluding carboxylic acids is 1. The third kappa shape index (κ3) is 1.24. The Morgan fingerprint density at radius 2 is 2.46 bits per heavy atom. The molecule has 1 N–H and O–H groups in total. The summed E-state index contributed by atoms with van der Waals surface area (Å²) in [6, 6.07) is 3.76. The summed E-state index contributed by atoms with van der Waals surface area (Å²) in [6.07, 6.45) is 2.92. The van der Waals surface area contributed by atoms with E-state index in [0.29, 0.717) is 0 Å². The van der Waals surface area contributed by atoms with E-state index in [9.17, 15) is 4.79 Å². The Hall–Kier alpha value is -1.25. The molecule has 0 aromatic carbocycles. The number of fused-ring (bicyclic) bond motifs is 1. The van der Waals surface area contributed by atoms with Crippen molar-refractivity contribution in [3.05, 3.63) is 24.0 Å². The van der Waals surface area contributed by atoms with Crippen LogP contribution in [0.15, 0.2) is 18.3 Å². The number of carbonyl (C=O) groups is 1. The molecule has 1 amide bonds. The Morgan fingerprint density at radius 3 is 3.15 bits per heavy atom. The first-order valence-electron chi connectivity index (χ1n) is 4.62. The summed E-state index contributed by atoms with van der Waals surface area (Å²) >= 11 is 0. The average Bonchev–Trinajstić information content (AvgIpc) is 2.52. The van der Waals surface area contributed by atoms with Gasteiger partial charge in [-0.25, -0.2) is 0 Å². The maximum atomic E-state index is 11.6. The molecule has 1 unspecified atom stereocenters. The number of amides is 1. The number of hydrogen-bond donors (Lipinski definition) is 1. The Labute approximate surface area is 77.7 Å². The summed E-state index contributed by atoms with van der Waals surface area (Å²) in [5.41, 5.74) is 0.689. The smallest absolute Gasteiger partial charge is 0.268 e. The maximum absolute atomic E-state index is 11.6. The molecule has 70 valence electrons. The van der Waals surface area contributed by atoms with E-state index in [-0.39, 0.29) is 11.4 Å². The quantitative estimate of drug-likeness (QED) is 0.693. The molecular weight excluding hydrogens is 164 g/mol. The summed E-state index contributed by atoms with van der Waals surface area (Å²) in [4.78, 5) is 11.6. The van der Waals surface area contributed by atoms with Gasteiger partial charge in [-0.3, -0.25) is 4.79 Å². The van der Waals surface area contributed by atoms with Gasteiger partial charge in [0.15, 0.2) is 0 Å². The third-order valence-electron chi connectivity index (χ3n) is 2.78. The fourth-order valence-electron chi connectivity index (χ4n) is 1.71. The number of nitrogens with zero attached hydrogens (tertiary/aromatic N) is 1. The van der Waals surface area contributed by atoms with Gasteiger partial charge in [0.25, 0.3) is 5.91 Å². The lowest BCUT2D eigenvalue weighted by Gasteiger charge is -2.34. The summed E-state index contributed by atoms with van der Waals surface area (Å²) in [6.45, 7) is 5.04. The molecular formula is C10H14N2O. The second-order valence-corrected chi connectivity index (χ2v) is 3.89. The monoisotopic (exact) mass is 178 g/mol. The van der Waals surface area contributed by atoms with Crippen LogP contribution in [-0.4, -0.2) is 16.0 Å². The molecule has 3 heteroatoms. The summed E-state index contributed by atoms with van der Waals surface area (Å²) in [5, 5.41) is 3.02. The Bertz CT molecular complexity index is 342. The number of hydrogen-bond acceptors (Lipinski definition) is 1. The molecule has 1 aliphatic heterocycles. The first-order valence-corrected chi connectivity index (χ1v) is 4.62. The Kier molecular flexibility index (Phi) is 1.68. The van der Waals surface area contributed by atoms with Gasteiger partial charge in [-0.2, -0.15) is 0 Å². The van der Waals surface area contributed by atoms with Crippen LogP contribution in [0.4, 0.5) is 0 Å². The topological polar surface area (TPSA) is 34.0 Å². The molecule has 0 fully saturated rings.